The predicted molar refractivity (Wildman–Crippen MR) is 118 cm³/mol. The molecule has 9 heteroatoms. The third-order valence-electron chi connectivity index (χ3n) is 3.99. The van der Waals surface area contributed by atoms with E-state index in [9.17, 15) is 0 Å². The fourth-order valence-electron chi connectivity index (χ4n) is 2.53. The Hall–Kier alpha value is -2.91. The maximum absolute atomic E-state index is 5.79. The molecule has 2 aromatic carbocycles. The van der Waals surface area contributed by atoms with Crippen LogP contribution in [-0.4, -0.2) is 19.6 Å². The highest BCUT2D eigenvalue weighted by Crippen LogP contribution is 2.45. The molecule has 142 valence electrons. The predicted octanol–water partition coefficient (Wildman–Crippen LogP) is 6.40. The molecule has 1 aliphatic heterocycles. The van der Waals surface area contributed by atoms with Crippen LogP contribution in [0.3, 0.4) is 0 Å². The molecule has 4 rings (SSSR count). The summed E-state index contributed by atoms with van der Waals surface area (Å²) >= 11 is 3.14. The largest absolute Gasteiger partial charge is 0.390 e. The highest BCUT2D eigenvalue weighted by molar-refractivity contribution is 8.00. The van der Waals surface area contributed by atoms with Crippen LogP contribution in [0.5, 0.6) is 0 Å². The molecule has 0 radical (unpaired) electrons. The summed E-state index contributed by atoms with van der Waals surface area (Å²) in [6.45, 7) is 0. The second kappa shape index (κ2) is 7.99. The van der Waals surface area contributed by atoms with E-state index in [2.05, 4.69) is 25.8 Å². The number of azo groups is 2. The number of nitrogens with zero attached hydrogens (tertiary/aromatic N) is 5. The van der Waals surface area contributed by atoms with Crippen LogP contribution in [0.1, 0.15) is 0 Å². The summed E-state index contributed by atoms with van der Waals surface area (Å²) in [5.41, 5.74) is 9.14. The summed E-state index contributed by atoms with van der Waals surface area (Å²) in [5, 5.41) is 22.3. The summed E-state index contributed by atoms with van der Waals surface area (Å²) < 4.78 is 0. The van der Waals surface area contributed by atoms with Gasteiger partial charge in [-0.05, 0) is 54.6 Å². The number of anilines is 3. The first-order chi connectivity index (χ1) is 13.6. The van der Waals surface area contributed by atoms with E-state index in [1.807, 2.05) is 73.6 Å². The molecule has 1 atom stereocenters. The number of hydrogen-bond donors (Lipinski definition) is 2. The van der Waals surface area contributed by atoms with E-state index in [0.29, 0.717) is 0 Å². The summed E-state index contributed by atoms with van der Waals surface area (Å²) in [6, 6.07) is 17.4. The van der Waals surface area contributed by atoms with Crippen LogP contribution in [0.15, 0.2) is 79.9 Å². The Morgan fingerprint density at radius 3 is 2.04 bits per heavy atom. The molecule has 0 bridgehead atoms. The minimum absolute atomic E-state index is 0.119. The Bertz CT molecular complexity index is 984. The zero-order chi connectivity index (χ0) is 19.5. The number of nitrogens with two attached hydrogens (primary N) is 1. The highest BCUT2D eigenvalue weighted by Gasteiger charge is 2.23. The highest BCUT2D eigenvalue weighted by atomic mass is 32.2. The van der Waals surface area contributed by atoms with Gasteiger partial charge in [0.25, 0.3) is 0 Å². The van der Waals surface area contributed by atoms with E-state index < -0.39 is 0 Å². The van der Waals surface area contributed by atoms with Gasteiger partial charge in [-0.2, -0.15) is 20.5 Å². The first kappa shape index (κ1) is 18.5. The van der Waals surface area contributed by atoms with Gasteiger partial charge in [-0.1, -0.05) is 11.8 Å². The van der Waals surface area contributed by atoms with Crippen molar-refractivity contribution in [3.05, 3.63) is 54.6 Å². The third-order valence-corrected chi connectivity index (χ3v) is 6.02. The molecule has 1 aromatic heterocycles. The van der Waals surface area contributed by atoms with E-state index in [1.54, 1.807) is 11.8 Å². The van der Waals surface area contributed by atoms with Crippen molar-refractivity contribution in [3.63, 3.8) is 0 Å². The first-order valence-corrected chi connectivity index (χ1v) is 10.3. The molecule has 2 heterocycles. The van der Waals surface area contributed by atoms with Crippen LogP contribution in [0, 0.1) is 0 Å². The topological polar surface area (TPSA) is 90.7 Å². The molecule has 0 fully saturated rings. The number of thioether (sulfide) groups is 1. The Labute approximate surface area is 171 Å². The molecule has 0 saturated heterocycles. The second-order valence-electron chi connectivity index (χ2n) is 6.30. The number of thiophene rings is 1. The quantitative estimate of drug-likeness (QED) is 0.477. The summed E-state index contributed by atoms with van der Waals surface area (Å²) in [7, 11) is 4.01. The van der Waals surface area contributed by atoms with E-state index in [1.165, 1.54) is 11.3 Å². The smallest absolute Gasteiger partial charge is 0.192 e. The van der Waals surface area contributed by atoms with Crippen molar-refractivity contribution in [2.45, 2.75) is 10.4 Å². The molecule has 1 aliphatic rings. The molecular formula is C19H19N7S2. The minimum Gasteiger partial charge on any atom is -0.390 e. The van der Waals surface area contributed by atoms with Gasteiger partial charge in [0.2, 0.25) is 0 Å². The van der Waals surface area contributed by atoms with Crippen LogP contribution in [0.25, 0.3) is 0 Å². The van der Waals surface area contributed by atoms with Gasteiger partial charge in [0.15, 0.2) is 5.50 Å². The van der Waals surface area contributed by atoms with E-state index in [0.717, 1.165) is 37.6 Å². The van der Waals surface area contributed by atoms with Crippen molar-refractivity contribution in [1.29, 1.82) is 0 Å². The molecule has 0 amide bonds. The molecule has 7 nitrogen and oxygen atoms in total. The van der Waals surface area contributed by atoms with E-state index >= 15 is 0 Å². The van der Waals surface area contributed by atoms with Gasteiger partial charge in [0.1, 0.15) is 5.00 Å². The zero-order valence-corrected chi connectivity index (χ0v) is 17.0. The van der Waals surface area contributed by atoms with Crippen LogP contribution in [0.2, 0.25) is 0 Å². The lowest BCUT2D eigenvalue weighted by atomic mass is 10.3. The molecular weight excluding hydrogens is 390 g/mol. The fourth-order valence-corrected chi connectivity index (χ4v) is 4.57. The number of nitrogen functional groups attached to an aromatic ring is 1. The summed E-state index contributed by atoms with van der Waals surface area (Å²) in [5.74, 6) is 0. The lowest BCUT2D eigenvalue weighted by molar-refractivity contribution is 0.971. The third kappa shape index (κ3) is 4.32. The molecule has 0 aliphatic carbocycles. The SMILES string of the molecule is CN(C)c1ccc(/N=N\c2ccc(N=NC3Nc4sc(N)cc4S3)cc2)cc1. The number of rotatable bonds is 5. The Kier molecular flexibility index (Phi) is 5.27. The van der Waals surface area contributed by atoms with Gasteiger partial charge in [-0.15, -0.1) is 11.3 Å². The average molecular weight is 410 g/mol. The minimum atomic E-state index is -0.119. The van der Waals surface area contributed by atoms with Gasteiger partial charge in [-0.3, -0.25) is 0 Å². The Morgan fingerprint density at radius 2 is 1.46 bits per heavy atom. The van der Waals surface area contributed by atoms with Crippen molar-refractivity contribution in [3.8, 4) is 0 Å². The monoisotopic (exact) mass is 409 g/mol. The van der Waals surface area contributed by atoms with Crippen LogP contribution >= 0.6 is 23.1 Å². The number of fused-ring (bicyclic) bond motifs is 1. The molecule has 1 unspecified atom stereocenters. The average Bonchev–Trinajstić information content (AvgIpc) is 3.22. The maximum Gasteiger partial charge on any atom is 0.192 e. The standard InChI is InChI=1S/C19H19N7S2/c1-26(2)15-9-7-14(8-10-15)23-22-12-3-5-13(6-4-12)24-25-19-21-18-16(27-19)11-17(20)28-18/h3-11,19,21H,20H2,1-2H3/b23-22-,25-24?. The number of nitrogens with one attached hydrogen (secondary N) is 1. The van der Waals surface area contributed by atoms with Crippen molar-refractivity contribution >= 4 is 55.9 Å². The number of hydrogen-bond acceptors (Lipinski definition) is 9. The van der Waals surface area contributed by atoms with Crippen molar-refractivity contribution in [2.75, 3.05) is 30.0 Å². The van der Waals surface area contributed by atoms with Crippen LogP contribution in [-0.2, 0) is 0 Å². The zero-order valence-electron chi connectivity index (χ0n) is 15.4. The van der Waals surface area contributed by atoms with Crippen LogP contribution in [0.4, 0.5) is 32.8 Å². The molecule has 0 saturated carbocycles. The van der Waals surface area contributed by atoms with Crippen molar-refractivity contribution in [2.24, 2.45) is 20.5 Å². The van der Waals surface area contributed by atoms with Crippen LogP contribution < -0.4 is 16.0 Å². The van der Waals surface area contributed by atoms with Gasteiger partial charge in [-0.25, -0.2) is 0 Å². The van der Waals surface area contributed by atoms with Crippen molar-refractivity contribution in [1.82, 2.24) is 0 Å². The normalized spacial score (nSPS) is 15.9. The van der Waals surface area contributed by atoms with E-state index in [-0.39, 0.29) is 5.50 Å². The maximum atomic E-state index is 5.79. The number of benzene rings is 2. The Morgan fingerprint density at radius 1 is 0.893 bits per heavy atom. The van der Waals surface area contributed by atoms with Gasteiger partial charge in [0, 0.05) is 24.7 Å². The fraction of sp³-hybridized carbons (Fsp3) is 0.158. The lowest BCUT2D eigenvalue weighted by Gasteiger charge is -2.11. The second-order valence-corrected chi connectivity index (χ2v) is 8.51. The summed E-state index contributed by atoms with van der Waals surface area (Å²) in [4.78, 5) is 3.17. The Balaban J connectivity index is 1.35. The van der Waals surface area contributed by atoms with Gasteiger partial charge >= 0.3 is 0 Å². The lowest BCUT2D eigenvalue weighted by Crippen LogP contribution is -2.07. The molecule has 0 spiro atoms. The van der Waals surface area contributed by atoms with Crippen molar-refractivity contribution < 1.29 is 0 Å². The van der Waals surface area contributed by atoms with Gasteiger partial charge in [0.05, 0.1) is 22.1 Å². The van der Waals surface area contributed by atoms with E-state index in [4.69, 9.17) is 5.73 Å². The van der Waals surface area contributed by atoms with Gasteiger partial charge < -0.3 is 16.0 Å². The molecule has 28 heavy (non-hydrogen) atoms. The molecule has 3 N–H and O–H groups in total. The summed E-state index contributed by atoms with van der Waals surface area (Å²) in [6.07, 6.45) is 0. The first-order valence-electron chi connectivity index (χ1n) is 8.59. The molecule has 3 aromatic rings.